The van der Waals surface area contributed by atoms with Crippen LogP contribution >= 0.6 is 11.6 Å². The zero-order valence-electron chi connectivity index (χ0n) is 10.3. The lowest BCUT2D eigenvalue weighted by Gasteiger charge is -2.14. The van der Waals surface area contributed by atoms with Crippen LogP contribution in [0.25, 0.3) is 11.5 Å². The van der Waals surface area contributed by atoms with E-state index in [1.807, 2.05) is 0 Å². The van der Waals surface area contributed by atoms with E-state index in [1.54, 1.807) is 6.07 Å². The zero-order chi connectivity index (χ0) is 14.3. The van der Waals surface area contributed by atoms with Gasteiger partial charge in [-0.15, -0.1) is 11.6 Å². The van der Waals surface area contributed by atoms with Crippen molar-refractivity contribution in [2.75, 3.05) is 13.0 Å². The quantitative estimate of drug-likeness (QED) is 0.602. The highest BCUT2D eigenvalue weighted by Crippen LogP contribution is 2.20. The fourth-order valence-corrected chi connectivity index (χ4v) is 1.45. The van der Waals surface area contributed by atoms with E-state index in [4.69, 9.17) is 5.11 Å². The SMILES string of the molecule is CCl.OCCC(O)C(O)c1cnc(-c2ccon2)[nH]1. The average molecular weight is 290 g/mol. The molecule has 7 nitrogen and oxygen atoms in total. The summed E-state index contributed by atoms with van der Waals surface area (Å²) < 4.78 is 4.67. The standard InChI is InChI=1S/C10H13N3O4.CH3Cl/c14-3-1-8(15)9(16)7-5-11-10(12-7)6-2-4-17-13-6;1-2/h2,4-5,8-9,14-16H,1,3H2,(H,11,12);1H3. The van der Waals surface area contributed by atoms with Crippen molar-refractivity contribution in [3.8, 4) is 11.5 Å². The molecule has 0 radical (unpaired) electrons. The molecule has 19 heavy (non-hydrogen) atoms. The lowest BCUT2D eigenvalue weighted by atomic mass is 10.1. The summed E-state index contributed by atoms with van der Waals surface area (Å²) in [6, 6.07) is 1.62. The molecule has 0 bridgehead atoms. The molecule has 0 saturated carbocycles. The number of imidazole rings is 1. The molecule has 2 atom stereocenters. The molecule has 0 amide bonds. The predicted octanol–water partition coefficient (Wildman–Crippen LogP) is 0.696. The van der Waals surface area contributed by atoms with Crippen LogP contribution in [0.2, 0.25) is 0 Å². The number of nitrogens with zero attached hydrogens (tertiary/aromatic N) is 2. The number of aliphatic hydroxyl groups excluding tert-OH is 3. The van der Waals surface area contributed by atoms with Crippen molar-refractivity contribution in [2.45, 2.75) is 18.6 Å². The second-order valence-corrected chi connectivity index (χ2v) is 3.60. The summed E-state index contributed by atoms with van der Waals surface area (Å²) in [6.45, 7) is -0.192. The number of hydrogen-bond donors (Lipinski definition) is 4. The van der Waals surface area contributed by atoms with Gasteiger partial charge in [-0.2, -0.15) is 0 Å². The second-order valence-electron chi connectivity index (χ2n) is 3.60. The number of hydrogen-bond acceptors (Lipinski definition) is 6. The first-order valence-electron chi connectivity index (χ1n) is 5.53. The minimum absolute atomic E-state index is 0.0967. The van der Waals surface area contributed by atoms with Crippen LogP contribution in [0.3, 0.4) is 0 Å². The first kappa shape index (κ1) is 15.6. The number of aromatic amines is 1. The third-order valence-electron chi connectivity index (χ3n) is 2.38. The van der Waals surface area contributed by atoms with Crippen LogP contribution in [0.5, 0.6) is 0 Å². The second kappa shape index (κ2) is 7.90. The largest absolute Gasteiger partial charge is 0.396 e. The number of alkyl halides is 1. The van der Waals surface area contributed by atoms with Crippen LogP contribution in [-0.2, 0) is 0 Å². The zero-order valence-corrected chi connectivity index (χ0v) is 11.1. The summed E-state index contributed by atoms with van der Waals surface area (Å²) in [5.41, 5.74) is 0.879. The van der Waals surface area contributed by atoms with Gasteiger partial charge in [0.2, 0.25) is 0 Å². The van der Waals surface area contributed by atoms with E-state index in [1.165, 1.54) is 18.8 Å². The Morgan fingerprint density at radius 2 is 2.16 bits per heavy atom. The smallest absolute Gasteiger partial charge is 0.159 e. The molecule has 4 N–H and O–H groups in total. The molecule has 2 heterocycles. The number of aromatic nitrogens is 3. The van der Waals surface area contributed by atoms with Gasteiger partial charge in [0.15, 0.2) is 5.82 Å². The van der Waals surface area contributed by atoms with E-state index in [2.05, 4.69) is 31.2 Å². The van der Waals surface area contributed by atoms with Crippen molar-refractivity contribution in [2.24, 2.45) is 0 Å². The van der Waals surface area contributed by atoms with Gasteiger partial charge in [-0.25, -0.2) is 4.98 Å². The maximum atomic E-state index is 9.75. The molecule has 0 fully saturated rings. The summed E-state index contributed by atoms with van der Waals surface area (Å²) >= 11 is 4.64. The maximum Gasteiger partial charge on any atom is 0.159 e. The summed E-state index contributed by atoms with van der Waals surface area (Å²) in [5, 5.41) is 31.6. The van der Waals surface area contributed by atoms with Gasteiger partial charge in [0, 0.05) is 19.1 Å². The van der Waals surface area contributed by atoms with Crippen molar-refractivity contribution in [1.29, 1.82) is 0 Å². The Morgan fingerprint density at radius 3 is 2.74 bits per heavy atom. The highest BCUT2D eigenvalue weighted by molar-refractivity contribution is 6.15. The summed E-state index contributed by atoms with van der Waals surface area (Å²) in [7, 11) is 0. The summed E-state index contributed by atoms with van der Waals surface area (Å²) in [6.07, 6.45) is 2.24. The van der Waals surface area contributed by atoms with E-state index in [0.29, 0.717) is 17.2 Å². The van der Waals surface area contributed by atoms with E-state index < -0.39 is 12.2 Å². The fraction of sp³-hybridized carbons (Fsp3) is 0.455. The van der Waals surface area contributed by atoms with Gasteiger partial charge in [0.1, 0.15) is 18.1 Å². The Kier molecular flexibility index (Phi) is 6.51. The number of halogens is 1. The lowest BCUT2D eigenvalue weighted by Crippen LogP contribution is -2.19. The molecule has 2 unspecified atom stereocenters. The van der Waals surface area contributed by atoms with E-state index >= 15 is 0 Å². The van der Waals surface area contributed by atoms with Gasteiger partial charge in [0.05, 0.1) is 18.0 Å². The molecule has 106 valence electrons. The highest BCUT2D eigenvalue weighted by atomic mass is 35.5. The molecule has 0 spiro atoms. The van der Waals surface area contributed by atoms with E-state index in [-0.39, 0.29) is 13.0 Å². The van der Waals surface area contributed by atoms with Crippen molar-refractivity contribution in [3.63, 3.8) is 0 Å². The van der Waals surface area contributed by atoms with E-state index in [0.717, 1.165) is 0 Å². The van der Waals surface area contributed by atoms with Gasteiger partial charge < -0.3 is 24.8 Å². The molecule has 0 aromatic carbocycles. The molecular formula is C11H16ClN3O4. The predicted molar refractivity (Wildman–Crippen MR) is 68.5 cm³/mol. The van der Waals surface area contributed by atoms with Gasteiger partial charge in [-0.05, 0) is 6.42 Å². The Balaban J connectivity index is 0.000000861. The van der Waals surface area contributed by atoms with Gasteiger partial charge in [-0.3, -0.25) is 0 Å². The van der Waals surface area contributed by atoms with E-state index in [9.17, 15) is 10.2 Å². The number of H-pyrrole nitrogens is 1. The third kappa shape index (κ3) is 4.03. The molecule has 2 rings (SSSR count). The minimum Gasteiger partial charge on any atom is -0.396 e. The average Bonchev–Trinajstić information content (AvgIpc) is 3.11. The molecule has 0 saturated heterocycles. The van der Waals surface area contributed by atoms with Gasteiger partial charge >= 0.3 is 0 Å². The Labute approximate surface area is 114 Å². The Bertz CT molecular complexity index is 460. The summed E-state index contributed by atoms with van der Waals surface area (Å²) in [4.78, 5) is 6.84. The molecule has 8 heteroatoms. The Morgan fingerprint density at radius 1 is 1.42 bits per heavy atom. The summed E-state index contributed by atoms with van der Waals surface area (Å²) in [5.74, 6) is 0.448. The number of nitrogens with one attached hydrogen (secondary N) is 1. The highest BCUT2D eigenvalue weighted by Gasteiger charge is 2.20. The molecular weight excluding hydrogens is 274 g/mol. The van der Waals surface area contributed by atoms with Crippen LogP contribution in [-0.4, -0.2) is 49.5 Å². The number of rotatable bonds is 5. The monoisotopic (exact) mass is 289 g/mol. The first-order valence-corrected chi connectivity index (χ1v) is 6.28. The third-order valence-corrected chi connectivity index (χ3v) is 2.38. The maximum absolute atomic E-state index is 9.75. The molecule has 0 aliphatic heterocycles. The van der Waals surface area contributed by atoms with Gasteiger partial charge in [0.25, 0.3) is 0 Å². The van der Waals surface area contributed by atoms with Crippen LogP contribution < -0.4 is 0 Å². The minimum atomic E-state index is -1.12. The van der Waals surface area contributed by atoms with Crippen LogP contribution in [0.15, 0.2) is 23.0 Å². The fourth-order valence-electron chi connectivity index (χ4n) is 1.45. The molecule has 0 aliphatic carbocycles. The van der Waals surface area contributed by atoms with Crippen molar-refractivity contribution in [3.05, 3.63) is 24.2 Å². The van der Waals surface area contributed by atoms with Crippen molar-refractivity contribution < 1.29 is 19.8 Å². The van der Waals surface area contributed by atoms with Gasteiger partial charge in [-0.1, -0.05) is 5.16 Å². The lowest BCUT2D eigenvalue weighted by molar-refractivity contribution is 0.00216. The van der Waals surface area contributed by atoms with Crippen molar-refractivity contribution >= 4 is 11.6 Å². The molecule has 2 aromatic heterocycles. The van der Waals surface area contributed by atoms with Crippen molar-refractivity contribution in [1.82, 2.24) is 15.1 Å². The normalized spacial score (nSPS) is 13.5. The molecule has 0 aliphatic rings. The molecule has 2 aromatic rings. The Hall–Kier alpha value is -1.41. The number of aliphatic hydroxyl groups is 3. The van der Waals surface area contributed by atoms with Crippen LogP contribution in [0.4, 0.5) is 0 Å². The first-order chi connectivity index (χ1) is 9.22. The van der Waals surface area contributed by atoms with Crippen LogP contribution in [0.1, 0.15) is 18.2 Å². The van der Waals surface area contributed by atoms with Crippen LogP contribution in [0, 0.1) is 0 Å². The topological polar surface area (TPSA) is 115 Å².